The number of nitrogens with zero attached hydrogens (tertiary/aromatic N) is 3. The van der Waals surface area contributed by atoms with Crippen molar-refractivity contribution in [1.29, 1.82) is 0 Å². The van der Waals surface area contributed by atoms with Gasteiger partial charge in [0.1, 0.15) is 18.6 Å². The second-order valence-electron chi connectivity index (χ2n) is 4.90. The zero-order chi connectivity index (χ0) is 17.5. The highest BCUT2D eigenvalue weighted by atomic mass is 35.5. The average molecular weight is 350 g/mol. The van der Waals surface area contributed by atoms with E-state index in [1.54, 1.807) is 11.8 Å². The summed E-state index contributed by atoms with van der Waals surface area (Å²) in [5.74, 6) is -0.135. The summed E-state index contributed by atoms with van der Waals surface area (Å²) in [6.07, 6.45) is 1.12. The number of benzene rings is 1. The van der Waals surface area contributed by atoms with Crippen LogP contribution in [0.1, 0.15) is 12.5 Å². The van der Waals surface area contributed by atoms with Crippen LogP contribution >= 0.6 is 11.6 Å². The molecule has 0 fully saturated rings. The first-order chi connectivity index (χ1) is 11.5. The molecule has 0 aliphatic heterocycles. The molecule has 2 aromatic rings. The van der Waals surface area contributed by atoms with Crippen LogP contribution in [-0.2, 0) is 16.1 Å². The molecule has 24 heavy (non-hydrogen) atoms. The van der Waals surface area contributed by atoms with Crippen molar-refractivity contribution >= 4 is 29.1 Å². The van der Waals surface area contributed by atoms with Crippen LogP contribution in [0.25, 0.3) is 0 Å². The molecule has 0 saturated carbocycles. The number of hydrogen-bond donors (Lipinski definition) is 0. The molecule has 0 unspecified atom stereocenters. The molecule has 0 N–H and O–H groups in total. The molecule has 2 rings (SSSR count). The van der Waals surface area contributed by atoms with Gasteiger partial charge in [0.15, 0.2) is 0 Å². The highest BCUT2D eigenvalue weighted by molar-refractivity contribution is 6.33. The van der Waals surface area contributed by atoms with Crippen molar-refractivity contribution in [3.8, 4) is 0 Å². The number of carbonyl (C=O) groups excluding carboxylic acids is 1. The Morgan fingerprint density at radius 2 is 2.08 bits per heavy atom. The summed E-state index contributed by atoms with van der Waals surface area (Å²) >= 11 is 6.13. The van der Waals surface area contributed by atoms with E-state index in [0.717, 1.165) is 11.8 Å². The lowest BCUT2D eigenvalue weighted by atomic mass is 10.2. The second-order valence-corrected chi connectivity index (χ2v) is 5.31. The molecule has 0 amide bonds. The fraction of sp³-hybridized carbons (Fsp3) is 0.250. The van der Waals surface area contributed by atoms with Crippen LogP contribution in [0, 0.1) is 10.1 Å². The number of halogens is 1. The van der Waals surface area contributed by atoms with Gasteiger partial charge in [0.2, 0.25) is 0 Å². The van der Waals surface area contributed by atoms with E-state index in [1.807, 2.05) is 30.3 Å². The van der Waals surface area contributed by atoms with Gasteiger partial charge >= 0.3 is 5.97 Å². The molecule has 0 aliphatic carbocycles. The minimum absolute atomic E-state index is 0.0622. The molecular formula is C16H16ClN3O4. The van der Waals surface area contributed by atoms with Crippen LogP contribution < -0.4 is 4.90 Å². The maximum absolute atomic E-state index is 11.9. The molecule has 0 atom stereocenters. The Morgan fingerprint density at radius 3 is 2.67 bits per heavy atom. The van der Waals surface area contributed by atoms with Gasteiger partial charge in [-0.25, -0.2) is 4.98 Å². The number of carbonyl (C=O) groups is 1. The second kappa shape index (κ2) is 8.26. The number of anilines is 1. The Morgan fingerprint density at radius 1 is 1.38 bits per heavy atom. The molecule has 7 nitrogen and oxygen atoms in total. The summed E-state index contributed by atoms with van der Waals surface area (Å²) < 4.78 is 4.97. The highest BCUT2D eigenvalue weighted by Crippen LogP contribution is 2.28. The first-order valence-electron chi connectivity index (χ1n) is 7.25. The van der Waals surface area contributed by atoms with Crippen LogP contribution in [0.5, 0.6) is 0 Å². The van der Waals surface area contributed by atoms with Gasteiger partial charge in [0, 0.05) is 12.6 Å². The summed E-state index contributed by atoms with van der Waals surface area (Å²) in [4.78, 5) is 27.8. The van der Waals surface area contributed by atoms with Gasteiger partial charge in [-0.05, 0) is 12.5 Å². The number of rotatable bonds is 7. The SMILES string of the molecule is CCOC(=O)CN(Cc1ccccc1)c1ncc([N+](=O)[O-])cc1Cl. The number of nitro groups is 1. The predicted molar refractivity (Wildman–Crippen MR) is 90.0 cm³/mol. The van der Waals surface area contributed by atoms with Gasteiger partial charge < -0.3 is 9.64 Å². The summed E-state index contributed by atoms with van der Waals surface area (Å²) in [5.41, 5.74) is 0.734. The Kier molecular flexibility index (Phi) is 6.08. The van der Waals surface area contributed by atoms with Gasteiger partial charge in [0.05, 0.1) is 16.6 Å². The third-order valence-corrected chi connectivity index (χ3v) is 3.44. The summed E-state index contributed by atoms with van der Waals surface area (Å²) in [6, 6.07) is 10.7. The third kappa shape index (κ3) is 4.66. The topological polar surface area (TPSA) is 85.6 Å². The van der Waals surface area contributed by atoms with E-state index in [2.05, 4.69) is 4.98 Å². The van der Waals surface area contributed by atoms with Crippen LogP contribution in [0.3, 0.4) is 0 Å². The lowest BCUT2D eigenvalue weighted by Crippen LogP contribution is -2.31. The maximum Gasteiger partial charge on any atom is 0.325 e. The molecule has 0 radical (unpaired) electrons. The molecule has 1 aromatic carbocycles. The highest BCUT2D eigenvalue weighted by Gasteiger charge is 2.19. The molecule has 0 bridgehead atoms. The maximum atomic E-state index is 11.9. The predicted octanol–water partition coefficient (Wildman–Crippen LogP) is 3.21. The van der Waals surface area contributed by atoms with Crippen molar-refractivity contribution < 1.29 is 14.5 Å². The normalized spacial score (nSPS) is 10.2. The number of pyridine rings is 1. The number of esters is 1. The van der Waals surface area contributed by atoms with Crippen LogP contribution in [0.4, 0.5) is 11.5 Å². The number of ether oxygens (including phenoxy) is 1. The quantitative estimate of drug-likeness (QED) is 0.433. The van der Waals surface area contributed by atoms with E-state index in [-0.39, 0.29) is 23.9 Å². The fourth-order valence-electron chi connectivity index (χ4n) is 2.13. The molecule has 126 valence electrons. The minimum atomic E-state index is -0.574. The Hall–Kier alpha value is -2.67. The van der Waals surface area contributed by atoms with Gasteiger partial charge in [-0.3, -0.25) is 14.9 Å². The zero-order valence-corrected chi connectivity index (χ0v) is 13.8. The molecule has 0 aliphatic rings. The molecular weight excluding hydrogens is 334 g/mol. The van der Waals surface area contributed by atoms with Crippen molar-refractivity contribution in [1.82, 2.24) is 4.98 Å². The van der Waals surface area contributed by atoms with Crippen molar-refractivity contribution in [2.75, 3.05) is 18.1 Å². The zero-order valence-electron chi connectivity index (χ0n) is 13.0. The van der Waals surface area contributed by atoms with E-state index in [0.29, 0.717) is 12.4 Å². The van der Waals surface area contributed by atoms with E-state index in [9.17, 15) is 14.9 Å². The average Bonchev–Trinajstić information content (AvgIpc) is 2.55. The van der Waals surface area contributed by atoms with Gasteiger partial charge in [0.25, 0.3) is 5.69 Å². The standard InChI is InChI=1S/C16H16ClN3O4/c1-2-24-15(21)11-19(10-12-6-4-3-5-7-12)16-14(17)8-13(9-18-16)20(22)23/h3-9H,2,10-11H2,1H3. The van der Waals surface area contributed by atoms with Gasteiger partial charge in [-0.15, -0.1) is 0 Å². The molecule has 1 heterocycles. The smallest absolute Gasteiger partial charge is 0.325 e. The molecule has 0 saturated heterocycles. The lowest BCUT2D eigenvalue weighted by Gasteiger charge is -2.23. The minimum Gasteiger partial charge on any atom is -0.465 e. The van der Waals surface area contributed by atoms with Crippen molar-refractivity contribution in [2.24, 2.45) is 0 Å². The third-order valence-electron chi connectivity index (χ3n) is 3.16. The fourth-order valence-corrected chi connectivity index (χ4v) is 2.41. The summed E-state index contributed by atoms with van der Waals surface area (Å²) in [7, 11) is 0. The number of aromatic nitrogens is 1. The van der Waals surface area contributed by atoms with Crippen molar-refractivity contribution in [2.45, 2.75) is 13.5 Å². The number of hydrogen-bond acceptors (Lipinski definition) is 6. The van der Waals surface area contributed by atoms with Crippen LogP contribution in [0.15, 0.2) is 42.6 Å². The van der Waals surface area contributed by atoms with Crippen molar-refractivity contribution in [3.63, 3.8) is 0 Å². The van der Waals surface area contributed by atoms with Crippen molar-refractivity contribution in [3.05, 3.63) is 63.3 Å². The molecule has 1 aromatic heterocycles. The van der Waals surface area contributed by atoms with Gasteiger partial charge in [-0.1, -0.05) is 41.9 Å². The van der Waals surface area contributed by atoms with E-state index >= 15 is 0 Å². The van der Waals surface area contributed by atoms with Crippen LogP contribution in [0.2, 0.25) is 5.02 Å². The van der Waals surface area contributed by atoms with E-state index in [1.165, 1.54) is 6.07 Å². The van der Waals surface area contributed by atoms with E-state index < -0.39 is 10.9 Å². The molecule has 0 spiro atoms. The largest absolute Gasteiger partial charge is 0.465 e. The Labute approximate surface area is 144 Å². The lowest BCUT2D eigenvalue weighted by molar-refractivity contribution is -0.385. The summed E-state index contributed by atoms with van der Waals surface area (Å²) in [6.45, 7) is 2.29. The van der Waals surface area contributed by atoms with Crippen LogP contribution in [-0.4, -0.2) is 29.0 Å². The van der Waals surface area contributed by atoms with E-state index in [4.69, 9.17) is 16.3 Å². The monoisotopic (exact) mass is 349 g/mol. The first-order valence-corrected chi connectivity index (χ1v) is 7.63. The molecule has 8 heteroatoms. The van der Waals surface area contributed by atoms with Gasteiger partial charge in [-0.2, -0.15) is 0 Å². The first kappa shape index (κ1) is 17.7. The summed E-state index contributed by atoms with van der Waals surface area (Å²) in [5, 5.41) is 10.9. The Bertz CT molecular complexity index is 725. The Balaban J connectivity index is 2.30.